The second-order valence-electron chi connectivity index (χ2n) is 3.30. The van der Waals surface area contributed by atoms with E-state index >= 15 is 0 Å². The molecule has 0 saturated heterocycles. The van der Waals surface area contributed by atoms with Crippen LogP contribution in [0.2, 0.25) is 0 Å². The van der Waals surface area contributed by atoms with Gasteiger partial charge in [0.15, 0.2) is 5.78 Å². The molecule has 1 aromatic carbocycles. The highest BCUT2D eigenvalue weighted by molar-refractivity contribution is 14.1. The Morgan fingerprint density at radius 3 is 2.38 bits per heavy atom. The van der Waals surface area contributed by atoms with Crippen LogP contribution >= 0.6 is 22.6 Å². The van der Waals surface area contributed by atoms with Crippen LogP contribution in [0.4, 0.5) is 0 Å². The summed E-state index contributed by atoms with van der Waals surface area (Å²) < 4.78 is 6.62. The Morgan fingerprint density at radius 1 is 1.44 bits per heavy atom. The van der Waals surface area contributed by atoms with Crippen LogP contribution in [-0.2, 0) is 4.79 Å². The number of carbonyl (C=O) groups is 1. The van der Waals surface area contributed by atoms with Crippen molar-refractivity contribution in [2.45, 2.75) is 13.0 Å². The van der Waals surface area contributed by atoms with Crippen molar-refractivity contribution in [2.75, 3.05) is 7.11 Å². The van der Waals surface area contributed by atoms with Gasteiger partial charge in [0.2, 0.25) is 0 Å². The fraction of sp³-hybridized carbons (Fsp3) is 0.250. The molecule has 1 atom stereocenters. The van der Waals surface area contributed by atoms with Gasteiger partial charge in [-0.3, -0.25) is 4.79 Å². The third-order valence-corrected chi connectivity index (χ3v) is 2.92. The van der Waals surface area contributed by atoms with Crippen molar-refractivity contribution >= 4 is 28.4 Å². The van der Waals surface area contributed by atoms with Crippen LogP contribution in [0.3, 0.4) is 0 Å². The van der Waals surface area contributed by atoms with E-state index in [9.17, 15) is 9.90 Å². The van der Waals surface area contributed by atoms with Crippen LogP contribution in [0.15, 0.2) is 33.9 Å². The summed E-state index contributed by atoms with van der Waals surface area (Å²) in [5, 5.41) is 9.98. The van der Waals surface area contributed by atoms with E-state index in [1.807, 2.05) is 22.6 Å². The Bertz CT molecular complexity index is 395. The number of rotatable bonds is 4. The molecule has 0 amide bonds. The summed E-state index contributed by atoms with van der Waals surface area (Å²) >= 11 is 1.95. The maximum atomic E-state index is 11.3. The number of benzene rings is 1. The summed E-state index contributed by atoms with van der Waals surface area (Å²) in [6.07, 6.45) is -0.875. The number of hydrogen-bond acceptors (Lipinski definition) is 3. The van der Waals surface area contributed by atoms with Crippen molar-refractivity contribution in [3.05, 3.63) is 39.5 Å². The van der Waals surface area contributed by atoms with Gasteiger partial charge in [-0.25, -0.2) is 0 Å². The summed E-state index contributed by atoms with van der Waals surface area (Å²) in [4.78, 5) is 11.3. The number of carbonyl (C=O) groups excluding carboxylic acids is 1. The molecule has 0 radical (unpaired) electrons. The smallest absolute Gasteiger partial charge is 0.159 e. The highest BCUT2D eigenvalue weighted by Gasteiger charge is 2.16. The average molecular weight is 332 g/mol. The van der Waals surface area contributed by atoms with Crippen molar-refractivity contribution in [1.82, 2.24) is 0 Å². The van der Waals surface area contributed by atoms with E-state index in [1.54, 1.807) is 35.5 Å². The number of methoxy groups -OCH3 is 1. The molecule has 0 spiro atoms. The van der Waals surface area contributed by atoms with Gasteiger partial charge in [0.25, 0.3) is 0 Å². The Kier molecular flexibility index (Phi) is 4.95. The SMILES string of the molecule is COc1ccc([C@H](O)/C(=C\I)C(C)=O)cc1. The number of aliphatic hydroxyl groups is 1. The maximum Gasteiger partial charge on any atom is 0.159 e. The van der Waals surface area contributed by atoms with Crippen LogP contribution < -0.4 is 4.74 Å². The summed E-state index contributed by atoms with van der Waals surface area (Å²) in [6, 6.07) is 6.99. The minimum atomic E-state index is -0.875. The molecule has 0 heterocycles. The zero-order chi connectivity index (χ0) is 12.1. The number of aliphatic hydroxyl groups excluding tert-OH is 1. The third kappa shape index (κ3) is 3.05. The molecule has 0 saturated carbocycles. The van der Waals surface area contributed by atoms with Crippen molar-refractivity contribution in [2.24, 2.45) is 0 Å². The molecule has 0 aromatic heterocycles. The molecule has 4 heteroatoms. The quantitative estimate of drug-likeness (QED) is 0.681. The van der Waals surface area contributed by atoms with E-state index in [1.165, 1.54) is 6.92 Å². The zero-order valence-corrected chi connectivity index (χ0v) is 11.3. The van der Waals surface area contributed by atoms with Crippen LogP contribution in [0.5, 0.6) is 5.75 Å². The third-order valence-electron chi connectivity index (χ3n) is 2.25. The second kappa shape index (κ2) is 6.00. The lowest BCUT2D eigenvalue weighted by atomic mass is 10.0. The Hall–Kier alpha value is -0.880. The molecule has 0 aliphatic heterocycles. The van der Waals surface area contributed by atoms with Crippen LogP contribution in [-0.4, -0.2) is 18.0 Å². The maximum absolute atomic E-state index is 11.3. The molecule has 16 heavy (non-hydrogen) atoms. The number of Topliss-reactive ketones (excluding diaryl/α,β-unsaturated/α-hetero) is 1. The monoisotopic (exact) mass is 332 g/mol. The predicted octanol–water partition coefficient (Wildman–Crippen LogP) is 2.64. The highest BCUT2D eigenvalue weighted by atomic mass is 127. The van der Waals surface area contributed by atoms with Gasteiger partial charge in [0.1, 0.15) is 11.9 Å². The molecule has 1 aromatic rings. The zero-order valence-electron chi connectivity index (χ0n) is 9.11. The lowest BCUT2D eigenvalue weighted by molar-refractivity contribution is -0.114. The van der Waals surface area contributed by atoms with E-state index in [4.69, 9.17) is 4.74 Å². The van der Waals surface area contributed by atoms with Gasteiger partial charge in [-0.2, -0.15) is 0 Å². The lowest BCUT2D eigenvalue weighted by Gasteiger charge is -2.12. The molecule has 0 aliphatic carbocycles. The first-order valence-corrected chi connectivity index (χ1v) is 5.98. The van der Waals surface area contributed by atoms with E-state index in [-0.39, 0.29) is 5.78 Å². The van der Waals surface area contributed by atoms with E-state index in [2.05, 4.69) is 0 Å². The van der Waals surface area contributed by atoms with E-state index in [0.29, 0.717) is 11.1 Å². The molecular weight excluding hydrogens is 319 g/mol. The number of ketones is 1. The molecule has 86 valence electrons. The topological polar surface area (TPSA) is 46.5 Å². The average Bonchev–Trinajstić information content (AvgIpc) is 2.29. The summed E-state index contributed by atoms with van der Waals surface area (Å²) in [5.41, 5.74) is 1.07. The molecule has 3 nitrogen and oxygen atoms in total. The number of hydrogen-bond donors (Lipinski definition) is 1. The fourth-order valence-electron chi connectivity index (χ4n) is 1.29. The predicted molar refractivity (Wildman–Crippen MR) is 70.7 cm³/mol. The Labute approximate surface area is 108 Å². The minimum absolute atomic E-state index is 0.127. The highest BCUT2D eigenvalue weighted by Crippen LogP contribution is 2.25. The molecular formula is C12H13IO3. The van der Waals surface area contributed by atoms with Gasteiger partial charge in [0, 0.05) is 5.57 Å². The Morgan fingerprint density at radius 2 is 2.00 bits per heavy atom. The van der Waals surface area contributed by atoms with Crippen molar-refractivity contribution in [3.63, 3.8) is 0 Å². The fourth-order valence-corrected chi connectivity index (χ4v) is 2.07. The molecule has 0 fully saturated rings. The van der Waals surface area contributed by atoms with E-state index in [0.717, 1.165) is 5.75 Å². The molecule has 0 aliphatic rings. The summed E-state index contributed by atoms with van der Waals surface area (Å²) in [5.74, 6) is 0.594. The Balaban J connectivity index is 2.95. The number of halogens is 1. The van der Waals surface area contributed by atoms with Gasteiger partial charge in [0.05, 0.1) is 7.11 Å². The van der Waals surface area contributed by atoms with Crippen molar-refractivity contribution in [3.8, 4) is 5.75 Å². The van der Waals surface area contributed by atoms with Gasteiger partial charge in [-0.15, -0.1) is 0 Å². The first kappa shape index (κ1) is 13.2. The van der Waals surface area contributed by atoms with Crippen molar-refractivity contribution < 1.29 is 14.6 Å². The van der Waals surface area contributed by atoms with Gasteiger partial charge in [-0.1, -0.05) is 34.7 Å². The number of ether oxygens (including phenoxy) is 1. The summed E-state index contributed by atoms with van der Waals surface area (Å²) in [7, 11) is 1.58. The van der Waals surface area contributed by atoms with Crippen LogP contribution in [0.25, 0.3) is 0 Å². The van der Waals surface area contributed by atoms with Crippen molar-refractivity contribution in [1.29, 1.82) is 0 Å². The summed E-state index contributed by atoms with van der Waals surface area (Å²) in [6.45, 7) is 1.44. The standard InChI is InChI=1S/C12H13IO3/c1-8(14)11(7-13)12(15)9-3-5-10(16-2)6-4-9/h3-7,12,15H,1-2H3/b11-7-/t12-/m0/s1. The molecule has 1 N–H and O–H groups in total. The van der Waals surface area contributed by atoms with Gasteiger partial charge in [-0.05, 0) is 28.7 Å². The minimum Gasteiger partial charge on any atom is -0.497 e. The van der Waals surface area contributed by atoms with Crippen LogP contribution in [0.1, 0.15) is 18.6 Å². The van der Waals surface area contributed by atoms with Crippen LogP contribution in [0, 0.1) is 0 Å². The molecule has 1 rings (SSSR count). The van der Waals surface area contributed by atoms with Gasteiger partial charge >= 0.3 is 0 Å². The molecule has 0 bridgehead atoms. The largest absolute Gasteiger partial charge is 0.497 e. The van der Waals surface area contributed by atoms with Gasteiger partial charge < -0.3 is 9.84 Å². The first-order chi connectivity index (χ1) is 7.60. The second-order valence-corrected chi connectivity index (χ2v) is 3.92. The van der Waals surface area contributed by atoms with E-state index < -0.39 is 6.10 Å². The lowest BCUT2D eigenvalue weighted by Crippen LogP contribution is -2.08. The first-order valence-electron chi connectivity index (χ1n) is 4.73. The normalized spacial score (nSPS) is 13.4. The molecule has 0 unspecified atom stereocenters.